The van der Waals surface area contributed by atoms with Gasteiger partial charge in [0.2, 0.25) is 0 Å². The molecule has 0 spiro atoms. The number of anilines is 2. The largest absolute Gasteiger partial charge is 0.337 e. The molecule has 1 aromatic heterocycles. The Labute approximate surface area is 128 Å². The molecular weight excluding hydrogens is 282 g/mol. The van der Waals surface area contributed by atoms with Crippen LogP contribution in [0.4, 0.5) is 11.5 Å². The first-order valence-electron chi connectivity index (χ1n) is 6.68. The van der Waals surface area contributed by atoms with Gasteiger partial charge in [-0.05, 0) is 23.6 Å². The summed E-state index contributed by atoms with van der Waals surface area (Å²) < 4.78 is 0. The first kappa shape index (κ1) is 13.6. The molecule has 1 heterocycles. The van der Waals surface area contributed by atoms with E-state index in [0.717, 1.165) is 12.1 Å². The highest BCUT2D eigenvalue weighted by Crippen LogP contribution is 2.25. The van der Waals surface area contributed by atoms with Crippen molar-refractivity contribution in [1.29, 1.82) is 0 Å². The minimum absolute atomic E-state index is 0.368. The lowest BCUT2D eigenvalue weighted by Crippen LogP contribution is -2.00. The minimum Gasteiger partial charge on any atom is -0.337 e. The van der Waals surface area contributed by atoms with E-state index in [2.05, 4.69) is 33.5 Å². The number of halogens is 1. The van der Waals surface area contributed by atoms with Crippen LogP contribution < -0.4 is 5.32 Å². The van der Waals surface area contributed by atoms with E-state index in [4.69, 9.17) is 11.6 Å². The molecule has 3 nitrogen and oxygen atoms in total. The molecule has 2 aromatic carbocycles. The van der Waals surface area contributed by atoms with Gasteiger partial charge in [0.05, 0.1) is 0 Å². The molecule has 0 fully saturated rings. The number of benzene rings is 2. The number of aromatic nitrogens is 2. The summed E-state index contributed by atoms with van der Waals surface area (Å²) in [7, 11) is 0. The molecule has 0 aliphatic heterocycles. The van der Waals surface area contributed by atoms with Gasteiger partial charge in [0.15, 0.2) is 11.0 Å². The van der Waals surface area contributed by atoms with Gasteiger partial charge in [-0.2, -0.15) is 0 Å². The summed E-state index contributed by atoms with van der Waals surface area (Å²) in [6.45, 7) is 0. The van der Waals surface area contributed by atoms with Gasteiger partial charge >= 0.3 is 0 Å². The third-order valence-electron chi connectivity index (χ3n) is 3.16. The van der Waals surface area contributed by atoms with Crippen LogP contribution in [0.1, 0.15) is 11.1 Å². The van der Waals surface area contributed by atoms with E-state index in [0.29, 0.717) is 11.0 Å². The quantitative estimate of drug-likeness (QED) is 0.772. The number of para-hydroxylation sites is 1. The van der Waals surface area contributed by atoms with Crippen LogP contribution in [0.2, 0.25) is 5.15 Å². The highest BCUT2D eigenvalue weighted by atomic mass is 35.5. The summed E-state index contributed by atoms with van der Waals surface area (Å²) >= 11 is 6.05. The van der Waals surface area contributed by atoms with Crippen LogP contribution in [0.3, 0.4) is 0 Å². The Hall–Kier alpha value is -2.39. The SMILES string of the molecule is Clc1nccnc1Nc1ccccc1Cc1ccccc1. The Kier molecular flexibility index (Phi) is 4.12. The van der Waals surface area contributed by atoms with E-state index in [9.17, 15) is 0 Å². The van der Waals surface area contributed by atoms with E-state index in [1.54, 1.807) is 12.4 Å². The normalized spacial score (nSPS) is 10.3. The van der Waals surface area contributed by atoms with Crippen LogP contribution >= 0.6 is 11.6 Å². The Balaban J connectivity index is 1.88. The standard InChI is InChI=1S/C17H14ClN3/c18-16-17(20-11-10-19-16)21-15-9-5-4-8-14(15)12-13-6-2-1-3-7-13/h1-11H,12H2,(H,20,21). The third kappa shape index (κ3) is 3.38. The van der Waals surface area contributed by atoms with Gasteiger partial charge in [0.25, 0.3) is 0 Å². The number of nitrogens with one attached hydrogen (secondary N) is 1. The molecule has 0 aliphatic rings. The van der Waals surface area contributed by atoms with Gasteiger partial charge in [-0.1, -0.05) is 60.1 Å². The molecule has 0 radical (unpaired) electrons. The Morgan fingerprint density at radius 2 is 1.57 bits per heavy atom. The van der Waals surface area contributed by atoms with Gasteiger partial charge in [0.1, 0.15) is 0 Å². The van der Waals surface area contributed by atoms with Crippen LogP contribution in [0, 0.1) is 0 Å². The van der Waals surface area contributed by atoms with E-state index in [1.807, 2.05) is 36.4 Å². The molecule has 1 N–H and O–H groups in total. The summed E-state index contributed by atoms with van der Waals surface area (Å²) in [5.74, 6) is 0.569. The monoisotopic (exact) mass is 295 g/mol. The van der Waals surface area contributed by atoms with Crippen LogP contribution in [-0.4, -0.2) is 9.97 Å². The molecule has 0 amide bonds. The highest BCUT2D eigenvalue weighted by molar-refractivity contribution is 6.31. The van der Waals surface area contributed by atoms with Crippen LogP contribution in [0.15, 0.2) is 67.0 Å². The van der Waals surface area contributed by atoms with Crippen molar-refractivity contribution < 1.29 is 0 Å². The first-order valence-corrected chi connectivity index (χ1v) is 7.06. The summed E-state index contributed by atoms with van der Waals surface area (Å²) in [5.41, 5.74) is 3.44. The zero-order valence-electron chi connectivity index (χ0n) is 11.3. The van der Waals surface area contributed by atoms with Crippen molar-refractivity contribution in [3.63, 3.8) is 0 Å². The molecule has 0 saturated heterocycles. The molecule has 4 heteroatoms. The zero-order valence-corrected chi connectivity index (χ0v) is 12.1. The molecule has 0 unspecified atom stereocenters. The molecule has 104 valence electrons. The van der Waals surface area contributed by atoms with Crippen molar-refractivity contribution in [3.8, 4) is 0 Å². The molecular formula is C17H14ClN3. The van der Waals surface area contributed by atoms with Crippen molar-refractivity contribution in [2.45, 2.75) is 6.42 Å². The van der Waals surface area contributed by atoms with Gasteiger partial charge in [-0.15, -0.1) is 0 Å². The average molecular weight is 296 g/mol. The lowest BCUT2D eigenvalue weighted by atomic mass is 10.0. The predicted molar refractivity (Wildman–Crippen MR) is 86.0 cm³/mol. The van der Waals surface area contributed by atoms with Crippen molar-refractivity contribution in [1.82, 2.24) is 9.97 Å². The maximum absolute atomic E-state index is 6.05. The second-order valence-corrected chi connectivity index (χ2v) is 5.00. The minimum atomic E-state index is 0.368. The molecule has 21 heavy (non-hydrogen) atoms. The molecule has 0 saturated carbocycles. The number of hydrogen-bond acceptors (Lipinski definition) is 3. The van der Waals surface area contributed by atoms with Crippen LogP contribution in [0.5, 0.6) is 0 Å². The highest BCUT2D eigenvalue weighted by Gasteiger charge is 2.07. The Morgan fingerprint density at radius 1 is 0.857 bits per heavy atom. The first-order chi connectivity index (χ1) is 10.3. The lowest BCUT2D eigenvalue weighted by molar-refractivity contribution is 1.17. The Bertz CT molecular complexity index is 729. The molecule has 0 aliphatic carbocycles. The van der Waals surface area contributed by atoms with E-state index < -0.39 is 0 Å². The molecule has 0 atom stereocenters. The van der Waals surface area contributed by atoms with Gasteiger partial charge < -0.3 is 5.32 Å². The van der Waals surface area contributed by atoms with E-state index in [-0.39, 0.29) is 0 Å². The average Bonchev–Trinajstić information content (AvgIpc) is 2.52. The van der Waals surface area contributed by atoms with Crippen molar-refractivity contribution in [2.75, 3.05) is 5.32 Å². The molecule has 3 rings (SSSR count). The smallest absolute Gasteiger partial charge is 0.171 e. The van der Waals surface area contributed by atoms with E-state index in [1.165, 1.54) is 11.1 Å². The van der Waals surface area contributed by atoms with Crippen molar-refractivity contribution in [2.24, 2.45) is 0 Å². The fraction of sp³-hybridized carbons (Fsp3) is 0.0588. The topological polar surface area (TPSA) is 37.8 Å². The summed E-state index contributed by atoms with van der Waals surface area (Å²) in [5, 5.41) is 3.62. The fourth-order valence-corrected chi connectivity index (χ4v) is 2.30. The van der Waals surface area contributed by atoms with Gasteiger partial charge in [-0.25, -0.2) is 9.97 Å². The summed E-state index contributed by atoms with van der Waals surface area (Å²) in [6, 6.07) is 18.5. The third-order valence-corrected chi connectivity index (χ3v) is 3.44. The number of rotatable bonds is 4. The molecule has 3 aromatic rings. The summed E-state index contributed by atoms with van der Waals surface area (Å²) in [6.07, 6.45) is 4.04. The van der Waals surface area contributed by atoms with Crippen molar-refractivity contribution >= 4 is 23.1 Å². The van der Waals surface area contributed by atoms with Gasteiger partial charge in [0, 0.05) is 18.1 Å². The van der Waals surface area contributed by atoms with Crippen molar-refractivity contribution in [3.05, 3.63) is 83.3 Å². The van der Waals surface area contributed by atoms with E-state index >= 15 is 0 Å². The van der Waals surface area contributed by atoms with Crippen LogP contribution in [-0.2, 0) is 6.42 Å². The summed E-state index contributed by atoms with van der Waals surface area (Å²) in [4.78, 5) is 8.25. The lowest BCUT2D eigenvalue weighted by Gasteiger charge is -2.12. The van der Waals surface area contributed by atoms with Gasteiger partial charge in [-0.3, -0.25) is 0 Å². The second-order valence-electron chi connectivity index (χ2n) is 4.64. The van der Waals surface area contributed by atoms with Crippen LogP contribution in [0.25, 0.3) is 0 Å². The zero-order chi connectivity index (χ0) is 14.5. The molecule has 0 bridgehead atoms. The predicted octanol–water partition coefficient (Wildman–Crippen LogP) is 4.46. The maximum Gasteiger partial charge on any atom is 0.171 e. The second kappa shape index (κ2) is 6.37. The number of nitrogens with zero attached hydrogens (tertiary/aromatic N) is 2. The fourth-order valence-electron chi connectivity index (χ4n) is 2.14. The maximum atomic E-state index is 6.05. The Morgan fingerprint density at radius 3 is 2.38 bits per heavy atom. The number of hydrogen-bond donors (Lipinski definition) is 1.